The van der Waals surface area contributed by atoms with Crippen LogP contribution in [0.25, 0.3) is 0 Å². The van der Waals surface area contributed by atoms with Crippen LogP contribution < -0.4 is 10.6 Å². The van der Waals surface area contributed by atoms with Crippen molar-refractivity contribution in [2.75, 3.05) is 19.3 Å². The summed E-state index contributed by atoms with van der Waals surface area (Å²) in [7, 11) is 1.50. The van der Waals surface area contributed by atoms with Crippen LogP contribution >= 0.6 is 12.6 Å². The Morgan fingerprint density at radius 3 is 2.42 bits per heavy atom. The van der Waals surface area contributed by atoms with Crippen LogP contribution in [0, 0.1) is 0 Å². The zero-order valence-electron chi connectivity index (χ0n) is 6.83. The third-order valence-corrected chi connectivity index (χ3v) is 1.27. The van der Waals surface area contributed by atoms with Gasteiger partial charge in [-0.3, -0.25) is 9.59 Å². The van der Waals surface area contributed by atoms with E-state index in [2.05, 4.69) is 23.3 Å². The molecule has 0 aromatic carbocycles. The number of hydrogen-bond donors (Lipinski definition) is 3. The van der Waals surface area contributed by atoms with Crippen molar-refractivity contribution in [2.45, 2.75) is 0 Å². The van der Waals surface area contributed by atoms with Crippen LogP contribution in [0.5, 0.6) is 0 Å². The highest BCUT2D eigenvalue weighted by atomic mass is 32.1. The molecule has 2 amide bonds. The van der Waals surface area contributed by atoms with Crippen LogP contribution in [0.4, 0.5) is 0 Å². The summed E-state index contributed by atoms with van der Waals surface area (Å²) in [5.41, 5.74) is 0. The topological polar surface area (TPSA) is 58.2 Å². The molecule has 2 N–H and O–H groups in total. The van der Waals surface area contributed by atoms with Crippen molar-refractivity contribution in [1.29, 1.82) is 0 Å². The molecule has 12 heavy (non-hydrogen) atoms. The zero-order chi connectivity index (χ0) is 9.40. The van der Waals surface area contributed by atoms with E-state index in [1.807, 2.05) is 0 Å². The molecule has 0 saturated heterocycles. The highest BCUT2D eigenvalue weighted by Gasteiger charge is 1.94. The average molecular weight is 188 g/mol. The van der Waals surface area contributed by atoms with Crippen molar-refractivity contribution in [2.24, 2.45) is 0 Å². The molecule has 0 unspecified atom stereocenters. The molecule has 4 nitrogen and oxygen atoms in total. The lowest BCUT2D eigenvalue weighted by Gasteiger charge is -1.96. The van der Waals surface area contributed by atoms with Crippen molar-refractivity contribution < 1.29 is 9.59 Å². The predicted octanol–water partition coefficient (Wildman–Crippen LogP) is -0.665. The lowest BCUT2D eigenvalue weighted by atomic mass is 10.4. The number of amides is 2. The summed E-state index contributed by atoms with van der Waals surface area (Å²) < 4.78 is 0. The molecule has 0 aliphatic heterocycles. The second-order valence-corrected chi connectivity index (χ2v) is 2.41. The third kappa shape index (κ3) is 5.79. The molecule has 0 aromatic rings. The van der Waals surface area contributed by atoms with Crippen LogP contribution in [0.15, 0.2) is 12.2 Å². The maximum atomic E-state index is 10.8. The van der Waals surface area contributed by atoms with E-state index >= 15 is 0 Å². The van der Waals surface area contributed by atoms with Crippen LogP contribution in [-0.2, 0) is 9.59 Å². The van der Waals surface area contributed by atoms with Gasteiger partial charge in [-0.2, -0.15) is 12.6 Å². The summed E-state index contributed by atoms with van der Waals surface area (Å²) in [5, 5.41) is 4.89. The van der Waals surface area contributed by atoms with Crippen LogP contribution in [0.1, 0.15) is 0 Å². The first kappa shape index (κ1) is 11.0. The molecule has 5 heteroatoms. The summed E-state index contributed by atoms with van der Waals surface area (Å²) in [6.45, 7) is 0.500. The highest BCUT2D eigenvalue weighted by molar-refractivity contribution is 7.80. The molecule has 0 aromatic heterocycles. The van der Waals surface area contributed by atoms with Gasteiger partial charge in [0.15, 0.2) is 0 Å². The summed E-state index contributed by atoms with van der Waals surface area (Å²) in [4.78, 5) is 21.4. The second-order valence-electron chi connectivity index (χ2n) is 1.96. The van der Waals surface area contributed by atoms with Gasteiger partial charge in [0.25, 0.3) is 0 Å². The van der Waals surface area contributed by atoms with E-state index in [-0.39, 0.29) is 11.8 Å². The Labute approximate surface area is 76.8 Å². The van der Waals surface area contributed by atoms with Crippen molar-refractivity contribution in [1.82, 2.24) is 10.6 Å². The number of thiol groups is 1. The van der Waals surface area contributed by atoms with Gasteiger partial charge >= 0.3 is 0 Å². The molecule has 68 valence electrons. The van der Waals surface area contributed by atoms with Crippen molar-refractivity contribution in [3.05, 3.63) is 12.2 Å². The Morgan fingerprint density at radius 2 is 1.92 bits per heavy atom. The van der Waals surface area contributed by atoms with Gasteiger partial charge in [-0.1, -0.05) is 0 Å². The van der Waals surface area contributed by atoms with Gasteiger partial charge in [-0.25, -0.2) is 0 Å². The molecule has 0 atom stereocenters. The van der Waals surface area contributed by atoms with Crippen molar-refractivity contribution in [3.8, 4) is 0 Å². The smallest absolute Gasteiger partial charge is 0.244 e. The second kappa shape index (κ2) is 6.72. The minimum Gasteiger partial charge on any atom is -0.356 e. The van der Waals surface area contributed by atoms with Crippen molar-refractivity contribution >= 4 is 24.4 Å². The maximum Gasteiger partial charge on any atom is 0.244 e. The highest BCUT2D eigenvalue weighted by Crippen LogP contribution is 1.75. The number of nitrogens with one attached hydrogen (secondary N) is 2. The lowest BCUT2D eigenvalue weighted by molar-refractivity contribution is -0.118. The number of carbonyl (C=O) groups excluding carboxylic acids is 2. The van der Waals surface area contributed by atoms with Crippen LogP contribution in [0.2, 0.25) is 0 Å². The summed E-state index contributed by atoms with van der Waals surface area (Å²) in [6, 6.07) is 0. The Morgan fingerprint density at radius 1 is 1.33 bits per heavy atom. The largest absolute Gasteiger partial charge is 0.356 e. The Balaban J connectivity index is 3.67. The zero-order valence-corrected chi connectivity index (χ0v) is 7.73. The predicted molar refractivity (Wildman–Crippen MR) is 50.1 cm³/mol. The fourth-order valence-electron chi connectivity index (χ4n) is 0.473. The summed E-state index contributed by atoms with van der Waals surface area (Å²) in [5.74, 6) is 0.00296. The molecule has 0 fully saturated rings. The quantitative estimate of drug-likeness (QED) is 0.405. The number of carbonyl (C=O) groups is 2. The first-order valence-corrected chi connectivity index (χ1v) is 4.12. The minimum atomic E-state index is -0.295. The SMILES string of the molecule is CNC(=O)C=CC(=O)NCCS. The summed E-state index contributed by atoms with van der Waals surface area (Å²) >= 11 is 3.90. The molecular formula is C7H12N2O2S. The third-order valence-electron chi connectivity index (χ3n) is 1.04. The standard InChI is InChI=1S/C7H12N2O2S/c1-8-6(10)2-3-7(11)9-4-5-12/h2-3,12H,4-5H2,1H3,(H,8,10)(H,9,11). The van der Waals surface area contributed by atoms with E-state index in [4.69, 9.17) is 0 Å². The Hall–Kier alpha value is -0.970. The molecule has 0 aliphatic rings. The van der Waals surface area contributed by atoms with E-state index in [0.717, 1.165) is 0 Å². The molecule has 0 aliphatic carbocycles. The summed E-state index contributed by atoms with van der Waals surface area (Å²) in [6.07, 6.45) is 2.36. The van der Waals surface area contributed by atoms with Gasteiger partial charge < -0.3 is 10.6 Å². The number of rotatable bonds is 4. The first-order valence-electron chi connectivity index (χ1n) is 3.49. The van der Waals surface area contributed by atoms with Crippen LogP contribution in [0.3, 0.4) is 0 Å². The maximum absolute atomic E-state index is 10.8. The Bertz CT molecular complexity index is 192. The van der Waals surface area contributed by atoms with Gasteiger partial charge in [0, 0.05) is 31.5 Å². The monoisotopic (exact) mass is 188 g/mol. The normalized spacial score (nSPS) is 9.83. The first-order chi connectivity index (χ1) is 5.70. The van der Waals surface area contributed by atoms with E-state index in [9.17, 15) is 9.59 Å². The molecule has 0 heterocycles. The molecule has 0 saturated carbocycles. The van der Waals surface area contributed by atoms with E-state index in [1.165, 1.54) is 19.2 Å². The van der Waals surface area contributed by atoms with Gasteiger partial charge in [0.05, 0.1) is 0 Å². The molecule has 0 bridgehead atoms. The number of likely N-dealkylation sites (N-methyl/N-ethyl adjacent to an activating group) is 1. The van der Waals surface area contributed by atoms with E-state index in [1.54, 1.807) is 0 Å². The van der Waals surface area contributed by atoms with Crippen molar-refractivity contribution in [3.63, 3.8) is 0 Å². The van der Waals surface area contributed by atoms with Gasteiger partial charge in [0.1, 0.15) is 0 Å². The van der Waals surface area contributed by atoms with Gasteiger partial charge in [0.2, 0.25) is 11.8 Å². The molecule has 0 radical (unpaired) electrons. The minimum absolute atomic E-state index is 0.285. The number of hydrogen-bond acceptors (Lipinski definition) is 3. The fourth-order valence-corrected chi connectivity index (χ4v) is 0.585. The average Bonchev–Trinajstić information content (AvgIpc) is 2.10. The van der Waals surface area contributed by atoms with Gasteiger partial charge in [-0.15, -0.1) is 0 Å². The molecule has 0 spiro atoms. The molecule has 0 rings (SSSR count). The lowest BCUT2D eigenvalue weighted by Crippen LogP contribution is -2.24. The van der Waals surface area contributed by atoms with Crippen LogP contribution in [-0.4, -0.2) is 31.2 Å². The Kier molecular flexibility index (Phi) is 6.18. The fraction of sp³-hybridized carbons (Fsp3) is 0.429. The van der Waals surface area contributed by atoms with E-state index in [0.29, 0.717) is 12.3 Å². The van der Waals surface area contributed by atoms with Gasteiger partial charge in [-0.05, 0) is 0 Å². The molecular weight excluding hydrogens is 176 g/mol. The van der Waals surface area contributed by atoms with E-state index < -0.39 is 0 Å².